The van der Waals surface area contributed by atoms with Gasteiger partial charge in [0.25, 0.3) is 0 Å². The molecule has 5 heteroatoms. The lowest BCUT2D eigenvalue weighted by atomic mass is 10.5. The molecule has 0 atom stereocenters. The molecule has 8 heavy (non-hydrogen) atoms. The summed E-state index contributed by atoms with van der Waals surface area (Å²) >= 11 is 0. The zero-order valence-electron chi connectivity index (χ0n) is 3.96. The van der Waals surface area contributed by atoms with E-state index in [2.05, 4.69) is 20.6 Å². The van der Waals surface area contributed by atoms with Crippen LogP contribution in [-0.4, -0.2) is 26.9 Å². The lowest BCUT2D eigenvalue weighted by Crippen LogP contribution is -1.87. The van der Waals surface area contributed by atoms with Gasteiger partial charge in [-0.25, -0.2) is 5.10 Å². The molecule has 0 amide bonds. The lowest BCUT2D eigenvalue weighted by Gasteiger charge is -1.73. The van der Waals surface area contributed by atoms with Gasteiger partial charge in [0.05, 0.1) is 6.42 Å². The van der Waals surface area contributed by atoms with Gasteiger partial charge < -0.3 is 0 Å². The topological polar surface area (TPSA) is 71.5 Å². The monoisotopic (exact) mass is 111 g/mol. The highest BCUT2D eigenvalue weighted by atomic mass is 16.1. The van der Waals surface area contributed by atoms with Gasteiger partial charge in [0.1, 0.15) is 0 Å². The molecule has 0 spiro atoms. The Labute approximate surface area is 45.1 Å². The van der Waals surface area contributed by atoms with E-state index in [1.165, 1.54) is 0 Å². The minimum atomic E-state index is 0.132. The van der Waals surface area contributed by atoms with Crippen LogP contribution in [0.1, 0.15) is 5.82 Å². The van der Waals surface area contributed by atoms with Crippen LogP contribution < -0.4 is 0 Å². The van der Waals surface area contributed by atoms with Gasteiger partial charge in [0, 0.05) is 0 Å². The van der Waals surface area contributed by atoms with Crippen LogP contribution in [0.25, 0.3) is 0 Å². The van der Waals surface area contributed by atoms with Crippen LogP contribution in [0.3, 0.4) is 0 Å². The molecule has 1 N–H and O–H groups in total. The van der Waals surface area contributed by atoms with Crippen LogP contribution in [0.15, 0.2) is 0 Å². The SMILES string of the molecule is O=[C]Cc1nnn[nH]1. The maximum atomic E-state index is 9.63. The van der Waals surface area contributed by atoms with E-state index in [1.807, 2.05) is 0 Å². The summed E-state index contributed by atoms with van der Waals surface area (Å²) in [5.41, 5.74) is 0. The Morgan fingerprint density at radius 1 is 1.75 bits per heavy atom. The third kappa shape index (κ3) is 0.868. The van der Waals surface area contributed by atoms with Crippen LogP contribution >= 0.6 is 0 Å². The Morgan fingerprint density at radius 2 is 2.62 bits per heavy atom. The number of nitrogens with zero attached hydrogens (tertiary/aromatic N) is 3. The molecule has 0 fully saturated rings. The number of H-pyrrole nitrogens is 1. The second-order valence-corrected chi connectivity index (χ2v) is 1.17. The fraction of sp³-hybridized carbons (Fsp3) is 0.333. The zero-order chi connectivity index (χ0) is 5.82. The van der Waals surface area contributed by atoms with E-state index in [4.69, 9.17) is 0 Å². The summed E-state index contributed by atoms with van der Waals surface area (Å²) in [4.78, 5) is 9.63. The van der Waals surface area contributed by atoms with Crippen molar-refractivity contribution in [3.8, 4) is 0 Å². The Kier molecular flexibility index (Phi) is 1.32. The highest BCUT2D eigenvalue weighted by molar-refractivity contribution is 5.53. The van der Waals surface area contributed by atoms with Crippen LogP contribution in [0.5, 0.6) is 0 Å². The van der Waals surface area contributed by atoms with Crippen molar-refractivity contribution < 1.29 is 4.79 Å². The summed E-state index contributed by atoms with van der Waals surface area (Å²) in [6, 6.07) is 0. The number of rotatable bonds is 2. The van der Waals surface area contributed by atoms with Gasteiger partial charge >= 0.3 is 0 Å². The summed E-state index contributed by atoms with van der Waals surface area (Å²) in [6.07, 6.45) is 1.78. The summed E-state index contributed by atoms with van der Waals surface area (Å²) in [7, 11) is 0. The van der Waals surface area contributed by atoms with Crippen molar-refractivity contribution in [3.63, 3.8) is 0 Å². The third-order valence-electron chi connectivity index (χ3n) is 0.629. The van der Waals surface area contributed by atoms with Gasteiger partial charge in [-0.15, -0.1) is 5.10 Å². The third-order valence-corrected chi connectivity index (χ3v) is 0.629. The lowest BCUT2D eigenvalue weighted by molar-refractivity contribution is 0.554. The van der Waals surface area contributed by atoms with Crippen LogP contribution in [0.2, 0.25) is 0 Å². The maximum absolute atomic E-state index is 9.63. The van der Waals surface area contributed by atoms with Crippen molar-refractivity contribution in [2.45, 2.75) is 6.42 Å². The van der Waals surface area contributed by atoms with Gasteiger partial charge in [0.15, 0.2) is 5.82 Å². The standard InChI is InChI=1S/C3H3N4O/c8-2-1-3-4-6-7-5-3/h1H2,(H,4,5,6,7). The molecule has 0 aliphatic carbocycles. The van der Waals surface area contributed by atoms with E-state index >= 15 is 0 Å². The summed E-state index contributed by atoms with van der Waals surface area (Å²) < 4.78 is 0. The molecule has 41 valence electrons. The van der Waals surface area contributed by atoms with E-state index < -0.39 is 0 Å². The van der Waals surface area contributed by atoms with Crippen molar-refractivity contribution in [2.75, 3.05) is 0 Å². The van der Waals surface area contributed by atoms with Crippen molar-refractivity contribution in [3.05, 3.63) is 5.82 Å². The largest absolute Gasteiger partial charge is 0.290 e. The number of hydrogen-bond acceptors (Lipinski definition) is 4. The van der Waals surface area contributed by atoms with Crippen LogP contribution in [0.4, 0.5) is 0 Å². The summed E-state index contributed by atoms with van der Waals surface area (Å²) in [5.74, 6) is 0.444. The van der Waals surface area contributed by atoms with Crippen molar-refractivity contribution in [1.29, 1.82) is 0 Å². The highest BCUT2D eigenvalue weighted by Crippen LogP contribution is 1.78. The molecule has 1 radical (unpaired) electrons. The smallest absolute Gasteiger partial charge is 0.206 e. The summed E-state index contributed by atoms with van der Waals surface area (Å²) in [6.45, 7) is 0. The normalized spacial score (nSPS) is 9.00. The van der Waals surface area contributed by atoms with E-state index in [-0.39, 0.29) is 6.42 Å². The average Bonchev–Trinajstić information content (AvgIpc) is 2.19. The van der Waals surface area contributed by atoms with E-state index in [0.717, 1.165) is 0 Å². The summed E-state index contributed by atoms with van der Waals surface area (Å²) in [5, 5.41) is 12.3. The molecule has 0 aliphatic heterocycles. The Morgan fingerprint density at radius 3 is 3.12 bits per heavy atom. The quantitative estimate of drug-likeness (QED) is 0.523. The zero-order valence-corrected chi connectivity index (χ0v) is 3.96. The molecular formula is C3H3N4O. The van der Waals surface area contributed by atoms with E-state index in [0.29, 0.717) is 5.82 Å². The number of nitrogens with one attached hydrogen (secondary N) is 1. The fourth-order valence-corrected chi connectivity index (χ4v) is 0.322. The average molecular weight is 111 g/mol. The minimum Gasteiger partial charge on any atom is -0.290 e. The Hall–Kier alpha value is -1.26. The second kappa shape index (κ2) is 2.15. The number of hydrogen-bond donors (Lipinski definition) is 1. The molecule has 1 heterocycles. The first-order valence-electron chi connectivity index (χ1n) is 2.01. The van der Waals surface area contributed by atoms with Gasteiger partial charge in [-0.3, -0.25) is 4.79 Å². The van der Waals surface area contributed by atoms with Crippen molar-refractivity contribution >= 4 is 6.29 Å². The first kappa shape index (κ1) is 4.89. The maximum Gasteiger partial charge on any atom is 0.206 e. The molecule has 1 aromatic heterocycles. The van der Waals surface area contributed by atoms with Crippen LogP contribution in [-0.2, 0) is 11.2 Å². The molecule has 0 bridgehead atoms. The van der Waals surface area contributed by atoms with Gasteiger partial charge in [0.2, 0.25) is 6.29 Å². The molecule has 0 unspecified atom stereocenters. The highest BCUT2D eigenvalue weighted by Gasteiger charge is 1.91. The van der Waals surface area contributed by atoms with Crippen LogP contribution in [0, 0.1) is 0 Å². The predicted octanol–water partition coefficient (Wildman–Crippen LogP) is -1.15. The number of aromatic nitrogens is 4. The van der Waals surface area contributed by atoms with Crippen molar-refractivity contribution in [2.24, 2.45) is 0 Å². The molecule has 0 saturated carbocycles. The predicted molar refractivity (Wildman–Crippen MR) is 23.6 cm³/mol. The number of carbonyl (C=O) groups excluding carboxylic acids is 1. The molecule has 0 aliphatic rings. The first-order valence-corrected chi connectivity index (χ1v) is 2.01. The number of tetrazole rings is 1. The van der Waals surface area contributed by atoms with Crippen molar-refractivity contribution in [1.82, 2.24) is 20.6 Å². The van der Waals surface area contributed by atoms with Gasteiger partial charge in [-0.05, 0) is 10.4 Å². The molecule has 1 aromatic rings. The fourth-order valence-electron chi connectivity index (χ4n) is 0.322. The Bertz CT molecular complexity index is 158. The van der Waals surface area contributed by atoms with Gasteiger partial charge in [-0.1, -0.05) is 0 Å². The van der Waals surface area contributed by atoms with E-state index in [9.17, 15) is 4.79 Å². The van der Waals surface area contributed by atoms with E-state index in [1.54, 1.807) is 6.29 Å². The van der Waals surface area contributed by atoms with Gasteiger partial charge in [-0.2, -0.15) is 0 Å². The minimum absolute atomic E-state index is 0.132. The number of aromatic amines is 1. The first-order chi connectivity index (χ1) is 3.93. The molecule has 0 aromatic carbocycles. The molecular weight excluding hydrogens is 108 g/mol. The Balaban J connectivity index is 2.62. The second-order valence-electron chi connectivity index (χ2n) is 1.17. The molecule has 0 saturated heterocycles. The molecule has 1 rings (SSSR count). The molecule has 5 nitrogen and oxygen atoms in total.